The summed E-state index contributed by atoms with van der Waals surface area (Å²) in [5, 5.41) is 0. The van der Waals surface area contributed by atoms with E-state index in [-0.39, 0.29) is 0 Å². The molecule has 0 spiro atoms. The molecule has 0 bridgehead atoms. The van der Waals surface area contributed by atoms with Crippen LogP contribution in [0, 0.1) is 20.8 Å². The van der Waals surface area contributed by atoms with Crippen molar-refractivity contribution in [1.29, 1.82) is 0 Å². The van der Waals surface area contributed by atoms with Crippen LogP contribution in [-0.2, 0) is 23.0 Å². The molecule has 1 saturated heterocycles. The van der Waals surface area contributed by atoms with Crippen molar-refractivity contribution in [2.24, 2.45) is 0 Å². The van der Waals surface area contributed by atoms with Gasteiger partial charge >= 0.3 is 0 Å². The molecule has 2 heterocycles. The fraction of sp³-hybridized carbons (Fsp3) is 0.455. The van der Waals surface area contributed by atoms with Crippen LogP contribution in [0.25, 0.3) is 0 Å². The van der Waals surface area contributed by atoms with Crippen molar-refractivity contribution in [3.05, 3.63) is 64.2 Å². The Morgan fingerprint density at radius 2 is 1.63 bits per heavy atom. The van der Waals surface area contributed by atoms with Gasteiger partial charge in [0.1, 0.15) is 0 Å². The van der Waals surface area contributed by atoms with E-state index in [9.17, 15) is 8.42 Å². The molecule has 144 valence electrons. The predicted octanol–water partition coefficient (Wildman–Crippen LogP) is 3.43. The predicted molar refractivity (Wildman–Crippen MR) is 108 cm³/mol. The number of rotatable bonds is 3. The van der Waals surface area contributed by atoms with Gasteiger partial charge in [-0.25, -0.2) is 8.42 Å². The van der Waals surface area contributed by atoms with E-state index in [2.05, 4.69) is 29.2 Å². The number of hydrogen-bond donors (Lipinski definition) is 0. The molecule has 4 nitrogen and oxygen atoms in total. The van der Waals surface area contributed by atoms with Crippen molar-refractivity contribution < 1.29 is 8.42 Å². The molecular formula is C22H28N2O2S. The molecule has 0 saturated carbocycles. The minimum Gasteiger partial charge on any atom is -0.294 e. The van der Waals surface area contributed by atoms with Crippen molar-refractivity contribution >= 4 is 10.0 Å². The molecule has 27 heavy (non-hydrogen) atoms. The van der Waals surface area contributed by atoms with E-state index in [1.807, 2.05) is 32.9 Å². The molecule has 0 amide bonds. The molecule has 5 heteroatoms. The summed E-state index contributed by atoms with van der Waals surface area (Å²) in [6.45, 7) is 8.96. The van der Waals surface area contributed by atoms with E-state index >= 15 is 0 Å². The van der Waals surface area contributed by atoms with Gasteiger partial charge in [0.05, 0.1) is 4.90 Å². The Labute approximate surface area is 162 Å². The molecule has 4 rings (SSSR count). The van der Waals surface area contributed by atoms with Gasteiger partial charge in [0.2, 0.25) is 10.0 Å². The first kappa shape index (κ1) is 18.7. The van der Waals surface area contributed by atoms with Crippen LogP contribution < -0.4 is 0 Å². The van der Waals surface area contributed by atoms with Crippen LogP contribution in [0.3, 0.4) is 0 Å². The van der Waals surface area contributed by atoms with Crippen molar-refractivity contribution in [2.75, 3.05) is 19.6 Å². The molecule has 2 aliphatic rings. The summed E-state index contributed by atoms with van der Waals surface area (Å²) in [6, 6.07) is 12.8. The highest BCUT2D eigenvalue weighted by Crippen LogP contribution is 2.30. The average Bonchev–Trinajstić information content (AvgIpc) is 3.11. The second kappa shape index (κ2) is 7.04. The van der Waals surface area contributed by atoms with Gasteiger partial charge in [-0.2, -0.15) is 4.31 Å². The van der Waals surface area contributed by atoms with Gasteiger partial charge in [0.25, 0.3) is 0 Å². The van der Waals surface area contributed by atoms with Crippen molar-refractivity contribution in [1.82, 2.24) is 9.21 Å². The highest BCUT2D eigenvalue weighted by atomic mass is 32.2. The maximum absolute atomic E-state index is 13.3. The van der Waals surface area contributed by atoms with Crippen LogP contribution in [0.1, 0.15) is 34.2 Å². The van der Waals surface area contributed by atoms with Crippen LogP contribution >= 0.6 is 0 Å². The maximum Gasteiger partial charge on any atom is 0.243 e. The Balaban J connectivity index is 1.53. The van der Waals surface area contributed by atoms with Gasteiger partial charge < -0.3 is 0 Å². The molecule has 2 aliphatic heterocycles. The van der Waals surface area contributed by atoms with Crippen molar-refractivity contribution in [3.8, 4) is 0 Å². The maximum atomic E-state index is 13.3. The molecule has 0 N–H and O–H groups in total. The first-order chi connectivity index (χ1) is 12.9. The monoisotopic (exact) mass is 384 g/mol. The number of benzene rings is 2. The zero-order valence-electron chi connectivity index (χ0n) is 16.4. The first-order valence-electron chi connectivity index (χ1n) is 9.75. The van der Waals surface area contributed by atoms with E-state index in [1.165, 1.54) is 11.1 Å². The lowest BCUT2D eigenvalue weighted by molar-refractivity contribution is 0.185. The molecule has 0 aliphatic carbocycles. The van der Waals surface area contributed by atoms with E-state index in [0.29, 0.717) is 24.0 Å². The van der Waals surface area contributed by atoms with Gasteiger partial charge in [-0.15, -0.1) is 0 Å². The zero-order chi connectivity index (χ0) is 19.2. The summed E-state index contributed by atoms with van der Waals surface area (Å²) in [5.41, 5.74) is 5.62. The fourth-order valence-corrected chi connectivity index (χ4v) is 6.66. The minimum atomic E-state index is -3.44. The quantitative estimate of drug-likeness (QED) is 0.814. The highest BCUT2D eigenvalue weighted by Gasteiger charge is 2.37. The standard InChI is InChI=1S/C22H28N2O2S/c1-16-12-17(2)22(18(3)13-16)27(25,26)24-11-9-21(15-24)23-10-8-19-6-4-5-7-20(19)14-23/h4-7,12-13,21H,8-11,14-15H2,1-3H3. The third-order valence-electron chi connectivity index (χ3n) is 6.01. The lowest BCUT2D eigenvalue weighted by Gasteiger charge is -2.33. The number of nitrogens with zero attached hydrogens (tertiary/aromatic N) is 2. The normalized spacial score (nSPS) is 21.4. The second-order valence-electron chi connectivity index (χ2n) is 8.02. The Hall–Kier alpha value is -1.69. The van der Waals surface area contributed by atoms with Crippen LogP contribution in [0.15, 0.2) is 41.3 Å². The van der Waals surface area contributed by atoms with E-state index in [4.69, 9.17) is 0 Å². The van der Waals surface area contributed by atoms with Crippen molar-refractivity contribution in [3.63, 3.8) is 0 Å². The second-order valence-corrected chi connectivity index (χ2v) is 9.90. The van der Waals surface area contributed by atoms with Crippen LogP contribution in [0.5, 0.6) is 0 Å². The number of aryl methyl sites for hydroxylation is 3. The molecule has 2 aromatic rings. The van der Waals surface area contributed by atoms with Gasteiger partial charge in [-0.1, -0.05) is 42.0 Å². The summed E-state index contributed by atoms with van der Waals surface area (Å²) in [7, 11) is -3.44. The van der Waals surface area contributed by atoms with E-state index in [1.54, 1.807) is 4.31 Å². The minimum absolute atomic E-state index is 0.305. The highest BCUT2D eigenvalue weighted by molar-refractivity contribution is 7.89. The van der Waals surface area contributed by atoms with Gasteiger partial charge in [0.15, 0.2) is 0 Å². The summed E-state index contributed by atoms with van der Waals surface area (Å²) >= 11 is 0. The summed E-state index contributed by atoms with van der Waals surface area (Å²) < 4.78 is 28.3. The third kappa shape index (κ3) is 3.44. The summed E-state index contributed by atoms with van der Waals surface area (Å²) in [5.74, 6) is 0. The van der Waals surface area contributed by atoms with Crippen LogP contribution in [0.4, 0.5) is 0 Å². The molecule has 1 fully saturated rings. The van der Waals surface area contributed by atoms with Crippen LogP contribution in [0.2, 0.25) is 0 Å². The SMILES string of the molecule is Cc1cc(C)c(S(=O)(=O)N2CCC(N3CCc4ccccc4C3)C2)c(C)c1. The lowest BCUT2D eigenvalue weighted by Crippen LogP contribution is -2.41. The zero-order valence-corrected chi connectivity index (χ0v) is 17.2. The third-order valence-corrected chi connectivity index (χ3v) is 8.18. The Bertz CT molecular complexity index is 945. The topological polar surface area (TPSA) is 40.6 Å². The van der Waals surface area contributed by atoms with Gasteiger partial charge in [0, 0.05) is 32.2 Å². The smallest absolute Gasteiger partial charge is 0.243 e. The number of sulfonamides is 1. The summed E-state index contributed by atoms with van der Waals surface area (Å²) in [6.07, 6.45) is 1.96. The molecule has 1 unspecified atom stereocenters. The Morgan fingerprint density at radius 1 is 0.963 bits per heavy atom. The fourth-order valence-electron chi connectivity index (χ4n) is 4.76. The lowest BCUT2D eigenvalue weighted by atomic mass is 9.98. The summed E-state index contributed by atoms with van der Waals surface area (Å²) in [4.78, 5) is 2.96. The molecule has 1 atom stereocenters. The number of fused-ring (bicyclic) bond motifs is 1. The molecular weight excluding hydrogens is 356 g/mol. The van der Waals surface area contributed by atoms with E-state index < -0.39 is 10.0 Å². The Kier molecular flexibility index (Phi) is 4.87. The van der Waals surface area contributed by atoms with Gasteiger partial charge in [-0.05, 0) is 55.9 Å². The largest absolute Gasteiger partial charge is 0.294 e. The van der Waals surface area contributed by atoms with Crippen molar-refractivity contribution in [2.45, 2.75) is 51.1 Å². The van der Waals surface area contributed by atoms with E-state index in [0.717, 1.165) is 42.6 Å². The molecule has 2 aromatic carbocycles. The average molecular weight is 385 g/mol. The first-order valence-corrected chi connectivity index (χ1v) is 11.2. The Morgan fingerprint density at radius 3 is 2.33 bits per heavy atom. The molecule has 0 radical (unpaired) electrons. The van der Waals surface area contributed by atoms with Gasteiger partial charge in [-0.3, -0.25) is 4.90 Å². The van der Waals surface area contributed by atoms with Crippen LogP contribution in [-0.4, -0.2) is 43.3 Å². The molecule has 0 aromatic heterocycles. The number of hydrogen-bond acceptors (Lipinski definition) is 3.